The molecule has 17 heavy (non-hydrogen) atoms. The van der Waals surface area contributed by atoms with Crippen LogP contribution in [-0.2, 0) is 14.0 Å². The summed E-state index contributed by atoms with van der Waals surface area (Å²) in [6.07, 6.45) is 1.51. The number of rotatable bonds is 5. The first-order chi connectivity index (χ1) is 7.60. The zero-order valence-corrected chi connectivity index (χ0v) is 13.2. The molecule has 0 rings (SSSR count). The van der Waals surface area contributed by atoms with Crippen molar-refractivity contribution in [3.8, 4) is 0 Å². The average molecular weight is 258 g/mol. The maximum Gasteiger partial charge on any atom is 0.330 e. The molecule has 100 valence electrons. The minimum Gasteiger partial charge on any atom is -0.463 e. The van der Waals surface area contributed by atoms with Gasteiger partial charge >= 0.3 is 5.97 Å². The zero-order valence-electron chi connectivity index (χ0n) is 12.2. The molecule has 0 saturated carbocycles. The smallest absolute Gasteiger partial charge is 0.330 e. The first-order valence-electron chi connectivity index (χ1n) is 6.08. The highest BCUT2D eigenvalue weighted by molar-refractivity contribution is 6.74. The molecule has 4 heteroatoms. The molecule has 0 saturated heterocycles. The van der Waals surface area contributed by atoms with Gasteiger partial charge in [-0.2, -0.15) is 0 Å². The second-order valence-corrected chi connectivity index (χ2v) is 10.6. The summed E-state index contributed by atoms with van der Waals surface area (Å²) in [5.41, 5.74) is 0.910. The molecule has 0 aliphatic heterocycles. The predicted molar refractivity (Wildman–Crippen MR) is 73.5 cm³/mol. The molecule has 0 aromatic rings. The van der Waals surface area contributed by atoms with Crippen molar-refractivity contribution in [1.82, 2.24) is 0 Å². The number of hydrogen-bond donors (Lipinski definition) is 0. The lowest BCUT2D eigenvalue weighted by molar-refractivity contribution is -0.137. The molecular weight excluding hydrogens is 232 g/mol. The van der Waals surface area contributed by atoms with Crippen LogP contribution in [0.25, 0.3) is 0 Å². The van der Waals surface area contributed by atoms with Gasteiger partial charge in [0, 0.05) is 6.08 Å². The van der Waals surface area contributed by atoms with Gasteiger partial charge in [0.25, 0.3) is 0 Å². The largest absolute Gasteiger partial charge is 0.463 e. The van der Waals surface area contributed by atoms with E-state index in [-0.39, 0.29) is 11.0 Å². The fourth-order valence-corrected chi connectivity index (χ4v) is 1.96. The molecule has 0 unspecified atom stereocenters. The normalized spacial score (nSPS) is 13.7. The van der Waals surface area contributed by atoms with Crippen LogP contribution in [0.3, 0.4) is 0 Å². The summed E-state index contributed by atoms with van der Waals surface area (Å²) in [4.78, 5) is 11.2. The van der Waals surface area contributed by atoms with E-state index in [9.17, 15) is 4.79 Å². The molecular formula is C13H26O3Si. The Bertz CT molecular complexity index is 288. The summed E-state index contributed by atoms with van der Waals surface area (Å²) in [5.74, 6) is -0.288. The van der Waals surface area contributed by atoms with Crippen LogP contribution >= 0.6 is 0 Å². The Morgan fingerprint density at radius 1 is 1.29 bits per heavy atom. The molecule has 0 heterocycles. The second kappa shape index (κ2) is 6.35. The summed E-state index contributed by atoms with van der Waals surface area (Å²) in [6.45, 7) is 15.6. The maximum absolute atomic E-state index is 11.2. The van der Waals surface area contributed by atoms with Gasteiger partial charge in [0.05, 0.1) is 13.2 Å². The third-order valence-corrected chi connectivity index (χ3v) is 7.60. The summed E-state index contributed by atoms with van der Waals surface area (Å²) >= 11 is 0. The van der Waals surface area contributed by atoms with Gasteiger partial charge in [-0.05, 0) is 37.6 Å². The van der Waals surface area contributed by atoms with Crippen molar-refractivity contribution in [3.05, 3.63) is 11.6 Å². The van der Waals surface area contributed by atoms with Crippen LogP contribution in [0.15, 0.2) is 11.6 Å². The first-order valence-corrected chi connectivity index (χ1v) is 8.99. The molecule has 0 atom stereocenters. The molecule has 0 aliphatic rings. The Morgan fingerprint density at radius 3 is 2.24 bits per heavy atom. The molecule has 0 aromatic carbocycles. The number of carbonyl (C=O) groups excluding carboxylic acids is 1. The lowest BCUT2D eigenvalue weighted by Gasteiger charge is -2.36. The monoisotopic (exact) mass is 258 g/mol. The highest BCUT2D eigenvalue weighted by atomic mass is 28.4. The van der Waals surface area contributed by atoms with Crippen molar-refractivity contribution >= 4 is 14.3 Å². The second-order valence-electron chi connectivity index (χ2n) is 5.79. The molecule has 0 fully saturated rings. The van der Waals surface area contributed by atoms with Gasteiger partial charge in [-0.25, -0.2) is 4.79 Å². The number of esters is 1. The highest BCUT2D eigenvalue weighted by Gasteiger charge is 2.36. The molecule has 0 N–H and O–H groups in total. The van der Waals surface area contributed by atoms with Gasteiger partial charge in [-0.1, -0.05) is 20.8 Å². The molecule has 3 nitrogen and oxygen atoms in total. The van der Waals surface area contributed by atoms with E-state index in [1.165, 1.54) is 6.08 Å². The van der Waals surface area contributed by atoms with Crippen molar-refractivity contribution in [2.45, 2.75) is 52.8 Å². The van der Waals surface area contributed by atoms with E-state index >= 15 is 0 Å². The highest BCUT2D eigenvalue weighted by Crippen LogP contribution is 2.36. The van der Waals surface area contributed by atoms with Crippen LogP contribution < -0.4 is 0 Å². The van der Waals surface area contributed by atoms with E-state index in [1.54, 1.807) is 6.92 Å². The minimum atomic E-state index is -1.73. The van der Waals surface area contributed by atoms with Gasteiger partial charge in [-0.3, -0.25) is 0 Å². The van der Waals surface area contributed by atoms with E-state index in [1.807, 2.05) is 6.92 Å². The lowest BCUT2D eigenvalue weighted by Crippen LogP contribution is -2.41. The number of carbonyl (C=O) groups is 1. The van der Waals surface area contributed by atoms with Crippen LogP contribution in [0.5, 0.6) is 0 Å². The van der Waals surface area contributed by atoms with Gasteiger partial charge in [-0.15, -0.1) is 0 Å². The minimum absolute atomic E-state index is 0.192. The van der Waals surface area contributed by atoms with Crippen molar-refractivity contribution in [1.29, 1.82) is 0 Å². The van der Waals surface area contributed by atoms with Crippen LogP contribution in [0.1, 0.15) is 34.6 Å². The topological polar surface area (TPSA) is 35.5 Å². The van der Waals surface area contributed by atoms with E-state index in [4.69, 9.17) is 9.16 Å². The Morgan fingerprint density at radius 2 is 1.82 bits per heavy atom. The molecule has 0 aliphatic carbocycles. The van der Waals surface area contributed by atoms with Crippen LogP contribution in [0, 0.1) is 0 Å². The predicted octanol–water partition coefficient (Wildman–Crippen LogP) is 3.52. The van der Waals surface area contributed by atoms with Gasteiger partial charge in [0.2, 0.25) is 0 Å². The Balaban J connectivity index is 4.34. The van der Waals surface area contributed by atoms with Crippen molar-refractivity contribution in [2.75, 3.05) is 13.2 Å². The molecule has 0 bridgehead atoms. The number of hydrogen-bond acceptors (Lipinski definition) is 3. The van der Waals surface area contributed by atoms with Crippen molar-refractivity contribution < 1.29 is 14.0 Å². The zero-order chi connectivity index (χ0) is 13.7. The van der Waals surface area contributed by atoms with Gasteiger partial charge in [0.1, 0.15) is 0 Å². The summed E-state index contributed by atoms with van der Waals surface area (Å²) in [6, 6.07) is 0. The Kier molecular flexibility index (Phi) is 6.13. The van der Waals surface area contributed by atoms with Gasteiger partial charge < -0.3 is 9.16 Å². The third kappa shape index (κ3) is 6.03. The Labute approximate surface area is 106 Å². The van der Waals surface area contributed by atoms with E-state index in [0.29, 0.717) is 13.2 Å². The Hall–Kier alpha value is -0.613. The van der Waals surface area contributed by atoms with E-state index in [0.717, 1.165) is 5.57 Å². The van der Waals surface area contributed by atoms with E-state index < -0.39 is 8.32 Å². The van der Waals surface area contributed by atoms with Crippen LogP contribution in [-0.4, -0.2) is 27.5 Å². The lowest BCUT2D eigenvalue weighted by atomic mass is 10.2. The van der Waals surface area contributed by atoms with Crippen molar-refractivity contribution in [2.24, 2.45) is 0 Å². The fourth-order valence-electron chi connectivity index (χ4n) is 0.938. The standard InChI is InChI=1S/C13H26O3Si/c1-8-15-12(14)9-11(2)10-16-17(6,7)13(3,4)5/h9H,8,10H2,1-7H3/b11-9+. The first kappa shape index (κ1) is 16.4. The van der Waals surface area contributed by atoms with Crippen LogP contribution in [0.2, 0.25) is 18.1 Å². The van der Waals surface area contributed by atoms with Crippen LogP contribution in [0.4, 0.5) is 0 Å². The maximum atomic E-state index is 11.2. The fraction of sp³-hybridized carbons (Fsp3) is 0.769. The molecule has 0 radical (unpaired) electrons. The van der Waals surface area contributed by atoms with Gasteiger partial charge in [0.15, 0.2) is 8.32 Å². The summed E-state index contributed by atoms with van der Waals surface area (Å²) in [7, 11) is -1.73. The molecule has 0 spiro atoms. The van der Waals surface area contributed by atoms with E-state index in [2.05, 4.69) is 33.9 Å². The molecule has 0 aromatic heterocycles. The molecule has 0 amide bonds. The summed E-state index contributed by atoms with van der Waals surface area (Å²) < 4.78 is 10.8. The number of ether oxygens (including phenoxy) is 1. The summed E-state index contributed by atoms with van der Waals surface area (Å²) in [5, 5.41) is 0.192. The quantitative estimate of drug-likeness (QED) is 0.430. The van der Waals surface area contributed by atoms with Crippen molar-refractivity contribution in [3.63, 3.8) is 0 Å². The average Bonchev–Trinajstić information content (AvgIpc) is 2.13. The SMILES string of the molecule is CCOC(=O)/C=C(\C)CO[Si](C)(C)C(C)(C)C. The third-order valence-electron chi connectivity index (χ3n) is 3.12.